The van der Waals surface area contributed by atoms with Gasteiger partial charge < -0.3 is 43.4 Å². The summed E-state index contributed by atoms with van der Waals surface area (Å²) in [4.78, 5) is 72.3. The maximum absolute atomic E-state index is 13.0. The molecule has 0 fully saturated rings. The standard InChI is InChI=1S/C23H34N6O8/c24-9-5-4-8-14(25)20(33)27-16(12-19(31)32)22(35)28-15(10-13-6-2-1-3-7-13)21(34)29-17(23(36)37)11-18(26)30/h1-3,6-7,14-17H,4-5,8-12,24-25H2,(H2,26,30)(H,27,33)(H,28,35)(H,29,34)(H,31,32)(H,36,37). The highest BCUT2D eigenvalue weighted by atomic mass is 16.4. The van der Waals surface area contributed by atoms with Gasteiger partial charge in [-0.2, -0.15) is 0 Å². The monoisotopic (exact) mass is 522 g/mol. The molecule has 0 spiro atoms. The summed E-state index contributed by atoms with van der Waals surface area (Å²) >= 11 is 0. The second kappa shape index (κ2) is 15.9. The number of nitrogens with two attached hydrogens (primary N) is 3. The van der Waals surface area contributed by atoms with Crippen LogP contribution in [0.15, 0.2) is 30.3 Å². The lowest BCUT2D eigenvalue weighted by molar-refractivity contribution is -0.144. The number of primary amides is 1. The molecule has 0 aliphatic rings. The number of amides is 4. The number of nitrogens with one attached hydrogen (secondary N) is 3. The topological polar surface area (TPSA) is 257 Å². The van der Waals surface area contributed by atoms with Gasteiger partial charge in [0.15, 0.2) is 0 Å². The lowest BCUT2D eigenvalue weighted by Gasteiger charge is -2.24. The van der Waals surface area contributed by atoms with Crippen LogP contribution in [0.5, 0.6) is 0 Å². The van der Waals surface area contributed by atoms with Crippen molar-refractivity contribution in [1.82, 2.24) is 16.0 Å². The van der Waals surface area contributed by atoms with Crippen LogP contribution in [0.4, 0.5) is 0 Å². The van der Waals surface area contributed by atoms with E-state index < -0.39 is 72.6 Å². The molecule has 4 unspecified atom stereocenters. The van der Waals surface area contributed by atoms with Crippen molar-refractivity contribution >= 4 is 35.6 Å². The molecule has 204 valence electrons. The van der Waals surface area contributed by atoms with Gasteiger partial charge in [0.25, 0.3) is 0 Å². The van der Waals surface area contributed by atoms with Crippen molar-refractivity contribution in [3.05, 3.63) is 35.9 Å². The zero-order valence-electron chi connectivity index (χ0n) is 20.2. The highest BCUT2D eigenvalue weighted by Gasteiger charge is 2.32. The molecule has 11 N–H and O–H groups in total. The van der Waals surface area contributed by atoms with Gasteiger partial charge in [0.05, 0.1) is 18.9 Å². The first kappa shape index (κ1) is 31.0. The van der Waals surface area contributed by atoms with Crippen molar-refractivity contribution in [2.45, 2.75) is 62.7 Å². The minimum absolute atomic E-state index is 0.104. The molecule has 0 saturated carbocycles. The average Bonchev–Trinajstić information content (AvgIpc) is 2.82. The number of hydrogen-bond donors (Lipinski definition) is 8. The van der Waals surface area contributed by atoms with Crippen LogP contribution in [0.3, 0.4) is 0 Å². The summed E-state index contributed by atoms with van der Waals surface area (Å²) in [6.45, 7) is 0.408. The molecule has 14 heteroatoms. The molecule has 0 aliphatic carbocycles. The fourth-order valence-electron chi connectivity index (χ4n) is 3.31. The zero-order valence-corrected chi connectivity index (χ0v) is 20.2. The number of carboxylic acid groups (broad SMARTS) is 2. The summed E-state index contributed by atoms with van der Waals surface area (Å²) in [6, 6.07) is 2.78. The molecular formula is C23H34N6O8. The van der Waals surface area contributed by atoms with E-state index in [-0.39, 0.29) is 12.8 Å². The Bertz CT molecular complexity index is 958. The zero-order chi connectivity index (χ0) is 28.0. The van der Waals surface area contributed by atoms with E-state index in [1.807, 2.05) is 0 Å². The van der Waals surface area contributed by atoms with Gasteiger partial charge in [0.2, 0.25) is 23.6 Å². The second-order valence-corrected chi connectivity index (χ2v) is 8.37. The third kappa shape index (κ3) is 12.0. The van der Waals surface area contributed by atoms with Crippen molar-refractivity contribution in [3.63, 3.8) is 0 Å². The maximum atomic E-state index is 13.0. The first-order valence-corrected chi connectivity index (χ1v) is 11.6. The number of rotatable bonds is 17. The third-order valence-electron chi connectivity index (χ3n) is 5.25. The highest BCUT2D eigenvalue weighted by molar-refractivity contribution is 5.96. The number of carboxylic acids is 2. The molecule has 4 amide bonds. The van der Waals surface area contributed by atoms with Gasteiger partial charge in [-0.05, 0) is 24.9 Å². The Balaban J connectivity index is 3.09. The van der Waals surface area contributed by atoms with E-state index >= 15 is 0 Å². The summed E-state index contributed by atoms with van der Waals surface area (Å²) in [6.07, 6.45) is -0.147. The number of benzene rings is 1. The number of aliphatic carboxylic acids is 2. The molecule has 37 heavy (non-hydrogen) atoms. The number of unbranched alkanes of at least 4 members (excludes halogenated alkanes) is 1. The minimum Gasteiger partial charge on any atom is -0.481 e. The average molecular weight is 523 g/mol. The summed E-state index contributed by atoms with van der Waals surface area (Å²) in [5.74, 6) is -6.59. The summed E-state index contributed by atoms with van der Waals surface area (Å²) in [5.41, 5.74) is 16.9. The van der Waals surface area contributed by atoms with Crippen molar-refractivity contribution in [1.29, 1.82) is 0 Å². The third-order valence-corrected chi connectivity index (χ3v) is 5.25. The van der Waals surface area contributed by atoms with Crippen LogP contribution in [-0.4, -0.2) is 76.5 Å². The smallest absolute Gasteiger partial charge is 0.326 e. The van der Waals surface area contributed by atoms with E-state index in [9.17, 15) is 39.0 Å². The van der Waals surface area contributed by atoms with Gasteiger partial charge in [-0.25, -0.2) is 4.79 Å². The van der Waals surface area contributed by atoms with Crippen LogP contribution < -0.4 is 33.2 Å². The molecule has 0 bridgehead atoms. The van der Waals surface area contributed by atoms with E-state index in [1.165, 1.54) is 0 Å². The van der Waals surface area contributed by atoms with Crippen LogP contribution in [-0.2, 0) is 35.2 Å². The Morgan fingerprint density at radius 3 is 1.89 bits per heavy atom. The molecule has 0 saturated heterocycles. The Morgan fingerprint density at radius 1 is 0.784 bits per heavy atom. The summed E-state index contributed by atoms with van der Waals surface area (Å²) in [7, 11) is 0. The van der Waals surface area contributed by atoms with E-state index in [0.717, 1.165) is 0 Å². The van der Waals surface area contributed by atoms with Gasteiger partial charge in [0.1, 0.15) is 18.1 Å². The lowest BCUT2D eigenvalue weighted by Crippen LogP contribution is -2.58. The van der Waals surface area contributed by atoms with Crippen LogP contribution >= 0.6 is 0 Å². The van der Waals surface area contributed by atoms with Crippen molar-refractivity contribution in [2.75, 3.05) is 6.54 Å². The van der Waals surface area contributed by atoms with E-state index in [0.29, 0.717) is 24.9 Å². The number of carbonyl (C=O) groups is 6. The van der Waals surface area contributed by atoms with Gasteiger partial charge in [-0.15, -0.1) is 0 Å². The highest BCUT2D eigenvalue weighted by Crippen LogP contribution is 2.07. The molecule has 4 atom stereocenters. The maximum Gasteiger partial charge on any atom is 0.326 e. The van der Waals surface area contributed by atoms with E-state index in [4.69, 9.17) is 17.2 Å². The molecule has 0 radical (unpaired) electrons. The normalized spacial score (nSPS) is 13.9. The Hall–Kier alpha value is -4.04. The van der Waals surface area contributed by atoms with Gasteiger partial charge in [-0.3, -0.25) is 24.0 Å². The Kier molecular flexibility index (Phi) is 13.3. The van der Waals surface area contributed by atoms with Crippen molar-refractivity contribution < 1.29 is 39.0 Å². The lowest BCUT2D eigenvalue weighted by atomic mass is 10.0. The Labute approximate surface area is 213 Å². The predicted octanol–water partition coefficient (Wildman–Crippen LogP) is -2.43. The summed E-state index contributed by atoms with van der Waals surface area (Å²) in [5, 5.41) is 25.3. The van der Waals surface area contributed by atoms with Gasteiger partial charge >= 0.3 is 11.9 Å². The first-order chi connectivity index (χ1) is 17.4. The largest absolute Gasteiger partial charge is 0.481 e. The fraction of sp³-hybridized carbons (Fsp3) is 0.478. The predicted molar refractivity (Wildman–Crippen MR) is 131 cm³/mol. The van der Waals surface area contributed by atoms with E-state index in [1.54, 1.807) is 30.3 Å². The Morgan fingerprint density at radius 2 is 1.35 bits per heavy atom. The molecule has 0 aromatic heterocycles. The minimum atomic E-state index is -1.65. The second-order valence-electron chi connectivity index (χ2n) is 8.37. The van der Waals surface area contributed by atoms with Crippen LogP contribution in [0.2, 0.25) is 0 Å². The molecule has 1 aromatic rings. The SMILES string of the molecule is NCCCCC(N)C(=O)NC(CC(=O)O)C(=O)NC(Cc1ccccc1)C(=O)NC(CC(N)=O)C(=O)O. The first-order valence-electron chi connectivity index (χ1n) is 11.6. The number of carbonyl (C=O) groups excluding carboxylic acids is 4. The fourth-order valence-corrected chi connectivity index (χ4v) is 3.31. The molecule has 0 aliphatic heterocycles. The summed E-state index contributed by atoms with van der Waals surface area (Å²) < 4.78 is 0. The quantitative estimate of drug-likeness (QED) is 0.100. The molecular weight excluding hydrogens is 488 g/mol. The van der Waals surface area contributed by atoms with Crippen LogP contribution in [0.25, 0.3) is 0 Å². The van der Waals surface area contributed by atoms with Crippen LogP contribution in [0.1, 0.15) is 37.7 Å². The number of hydrogen-bond acceptors (Lipinski definition) is 8. The van der Waals surface area contributed by atoms with Gasteiger partial charge in [0, 0.05) is 6.42 Å². The van der Waals surface area contributed by atoms with E-state index in [2.05, 4.69) is 16.0 Å². The molecule has 1 rings (SSSR count). The van der Waals surface area contributed by atoms with Crippen molar-refractivity contribution in [3.8, 4) is 0 Å². The van der Waals surface area contributed by atoms with Gasteiger partial charge in [-0.1, -0.05) is 36.8 Å². The molecule has 1 aromatic carbocycles. The molecule has 0 heterocycles. The van der Waals surface area contributed by atoms with Crippen LogP contribution in [0, 0.1) is 0 Å². The van der Waals surface area contributed by atoms with Crippen molar-refractivity contribution in [2.24, 2.45) is 17.2 Å². The molecule has 14 nitrogen and oxygen atoms in total.